The molecule has 5 heteroatoms. The van der Waals surface area contributed by atoms with Crippen LogP contribution in [0.25, 0.3) is 0 Å². The molecule has 5 nitrogen and oxygen atoms in total. The number of carbonyl (C=O) groups is 2. The summed E-state index contributed by atoms with van der Waals surface area (Å²) in [7, 11) is 0. The molecule has 0 bridgehead atoms. The Labute approximate surface area is 138 Å². The zero-order valence-corrected chi connectivity index (χ0v) is 14.1. The number of hydrogen-bond donors (Lipinski definition) is 2. The summed E-state index contributed by atoms with van der Waals surface area (Å²) in [5.74, 6) is -2.04. The van der Waals surface area contributed by atoms with Crippen LogP contribution in [0.4, 0.5) is 0 Å². The lowest BCUT2D eigenvalue weighted by Gasteiger charge is -2.21. The zero-order chi connectivity index (χ0) is 17.2. The Balaban J connectivity index is 2.30. The molecule has 0 aliphatic carbocycles. The van der Waals surface area contributed by atoms with Crippen molar-refractivity contribution in [1.29, 1.82) is 0 Å². The summed E-state index contributed by atoms with van der Waals surface area (Å²) in [6.07, 6.45) is 3.95. The van der Waals surface area contributed by atoms with Gasteiger partial charge in [0.25, 0.3) is 5.91 Å². The number of carbonyl (C=O) groups excluding carboxylic acids is 2. The van der Waals surface area contributed by atoms with Gasteiger partial charge in [-0.15, -0.1) is 0 Å². The van der Waals surface area contributed by atoms with Crippen LogP contribution >= 0.6 is 0 Å². The van der Waals surface area contributed by atoms with Gasteiger partial charge < -0.3 is 5.73 Å². The number of hydroxylamine groups is 2. The molecule has 1 atom stereocenters. The molecule has 0 saturated carbocycles. The number of benzene rings is 1. The largest absolute Gasteiger partial charge is 0.369 e. The van der Waals surface area contributed by atoms with Crippen LogP contribution in [0, 0.1) is 11.8 Å². The Hall–Kier alpha value is -1.88. The van der Waals surface area contributed by atoms with Crippen LogP contribution in [0.15, 0.2) is 30.3 Å². The van der Waals surface area contributed by atoms with E-state index in [0.29, 0.717) is 17.9 Å². The molecule has 0 fully saturated rings. The number of amides is 2. The van der Waals surface area contributed by atoms with E-state index in [4.69, 9.17) is 5.73 Å². The summed E-state index contributed by atoms with van der Waals surface area (Å²) < 4.78 is 0. The summed E-state index contributed by atoms with van der Waals surface area (Å²) in [6, 6.07) is 10.2. The van der Waals surface area contributed by atoms with Gasteiger partial charge in [0.1, 0.15) is 5.92 Å². The highest BCUT2D eigenvalue weighted by atomic mass is 16.5. The van der Waals surface area contributed by atoms with Crippen molar-refractivity contribution in [3.63, 3.8) is 0 Å². The summed E-state index contributed by atoms with van der Waals surface area (Å²) in [4.78, 5) is 23.5. The second kappa shape index (κ2) is 10.0. The van der Waals surface area contributed by atoms with E-state index in [9.17, 15) is 14.8 Å². The van der Waals surface area contributed by atoms with Crippen molar-refractivity contribution in [2.45, 2.75) is 46.0 Å². The highest BCUT2D eigenvalue weighted by Gasteiger charge is 2.28. The molecule has 2 amide bonds. The molecule has 1 rings (SSSR count). The number of nitrogens with two attached hydrogens (primary N) is 1. The maximum absolute atomic E-state index is 12.1. The van der Waals surface area contributed by atoms with Gasteiger partial charge >= 0.3 is 0 Å². The second-order valence-electron chi connectivity index (χ2n) is 6.34. The van der Waals surface area contributed by atoms with E-state index in [1.54, 1.807) is 0 Å². The average Bonchev–Trinajstić information content (AvgIpc) is 2.52. The Kier molecular flexibility index (Phi) is 8.33. The summed E-state index contributed by atoms with van der Waals surface area (Å²) in [5.41, 5.74) is 6.55. The van der Waals surface area contributed by atoms with E-state index in [1.807, 2.05) is 32.0 Å². The first kappa shape index (κ1) is 19.2. The molecule has 1 aromatic rings. The molecule has 0 aliphatic rings. The molecule has 0 spiro atoms. The molecular weight excluding hydrogens is 292 g/mol. The molecule has 1 aromatic carbocycles. The minimum Gasteiger partial charge on any atom is -0.369 e. The molecule has 1 unspecified atom stereocenters. The Morgan fingerprint density at radius 2 is 1.78 bits per heavy atom. The van der Waals surface area contributed by atoms with Gasteiger partial charge in [-0.2, -0.15) is 0 Å². The van der Waals surface area contributed by atoms with E-state index in [-0.39, 0.29) is 12.5 Å². The number of unbranched alkanes of at least 4 members (excludes halogenated alkanes) is 2. The fourth-order valence-electron chi connectivity index (χ4n) is 2.51. The number of nitrogens with zero attached hydrogens (tertiary/aromatic N) is 1. The van der Waals surface area contributed by atoms with E-state index in [1.165, 1.54) is 5.56 Å². The lowest BCUT2D eigenvalue weighted by atomic mass is 9.95. The van der Waals surface area contributed by atoms with E-state index in [2.05, 4.69) is 12.1 Å². The normalized spacial score (nSPS) is 12.2. The minimum atomic E-state index is -0.940. The Morgan fingerprint density at radius 1 is 1.13 bits per heavy atom. The standard InChI is InChI=1S/C18H28N2O3/c1-14(2)13-16(17(19)21)18(22)20(23)12-8-4-7-11-15-9-5-3-6-10-15/h3,5-6,9-10,14,16,23H,4,7-8,11-13H2,1-2H3,(H2,19,21). The third kappa shape index (κ3) is 7.28. The van der Waals surface area contributed by atoms with Crippen LogP contribution in [0.1, 0.15) is 45.1 Å². The van der Waals surface area contributed by atoms with Crippen LogP contribution in [0.5, 0.6) is 0 Å². The molecule has 0 radical (unpaired) electrons. The van der Waals surface area contributed by atoms with Gasteiger partial charge in [0.15, 0.2) is 0 Å². The van der Waals surface area contributed by atoms with E-state index in [0.717, 1.165) is 19.3 Å². The number of hydrogen-bond acceptors (Lipinski definition) is 3. The van der Waals surface area contributed by atoms with Gasteiger partial charge in [0.2, 0.25) is 5.91 Å². The van der Waals surface area contributed by atoms with Crippen molar-refractivity contribution in [2.24, 2.45) is 17.6 Å². The molecule has 128 valence electrons. The second-order valence-corrected chi connectivity index (χ2v) is 6.34. The van der Waals surface area contributed by atoms with Crippen molar-refractivity contribution in [1.82, 2.24) is 5.06 Å². The highest BCUT2D eigenvalue weighted by Crippen LogP contribution is 2.14. The SMILES string of the molecule is CC(C)CC(C(N)=O)C(=O)N(O)CCCCCc1ccccc1. The lowest BCUT2D eigenvalue weighted by Crippen LogP contribution is -2.41. The minimum absolute atomic E-state index is 0.163. The van der Waals surface area contributed by atoms with Gasteiger partial charge in [-0.1, -0.05) is 50.6 Å². The van der Waals surface area contributed by atoms with Crippen LogP contribution in [-0.4, -0.2) is 28.6 Å². The maximum atomic E-state index is 12.1. The van der Waals surface area contributed by atoms with Crippen molar-refractivity contribution in [2.75, 3.05) is 6.54 Å². The molecule has 0 heterocycles. The molecule has 0 aromatic heterocycles. The molecule has 0 saturated heterocycles. The molecular formula is C18H28N2O3. The topological polar surface area (TPSA) is 83.6 Å². The van der Waals surface area contributed by atoms with Crippen molar-refractivity contribution >= 4 is 11.8 Å². The summed E-state index contributed by atoms with van der Waals surface area (Å²) >= 11 is 0. The lowest BCUT2D eigenvalue weighted by molar-refractivity contribution is -0.172. The molecule has 3 N–H and O–H groups in total. The third-order valence-electron chi connectivity index (χ3n) is 3.78. The van der Waals surface area contributed by atoms with Gasteiger partial charge in [0.05, 0.1) is 0 Å². The third-order valence-corrected chi connectivity index (χ3v) is 3.78. The maximum Gasteiger partial charge on any atom is 0.258 e. The number of rotatable bonds is 10. The Morgan fingerprint density at radius 3 is 2.35 bits per heavy atom. The Bertz CT molecular complexity index is 488. The van der Waals surface area contributed by atoms with Gasteiger partial charge in [-0.25, -0.2) is 5.06 Å². The van der Waals surface area contributed by atoms with Crippen molar-refractivity contribution < 1.29 is 14.8 Å². The van der Waals surface area contributed by atoms with E-state index >= 15 is 0 Å². The van der Waals surface area contributed by atoms with Crippen LogP contribution in [0.2, 0.25) is 0 Å². The van der Waals surface area contributed by atoms with Crippen LogP contribution in [-0.2, 0) is 16.0 Å². The number of aryl methyl sites for hydroxylation is 1. The van der Waals surface area contributed by atoms with Gasteiger partial charge in [0, 0.05) is 6.54 Å². The first-order valence-electron chi connectivity index (χ1n) is 8.25. The van der Waals surface area contributed by atoms with Crippen molar-refractivity contribution in [3.05, 3.63) is 35.9 Å². The number of primary amides is 1. The molecule has 23 heavy (non-hydrogen) atoms. The predicted molar refractivity (Wildman–Crippen MR) is 89.6 cm³/mol. The van der Waals surface area contributed by atoms with Crippen LogP contribution < -0.4 is 5.73 Å². The predicted octanol–water partition coefficient (Wildman–Crippen LogP) is 2.76. The smallest absolute Gasteiger partial charge is 0.258 e. The fraction of sp³-hybridized carbons (Fsp3) is 0.556. The summed E-state index contributed by atoms with van der Waals surface area (Å²) in [5, 5.41) is 10.5. The zero-order valence-electron chi connectivity index (χ0n) is 14.1. The highest BCUT2D eigenvalue weighted by molar-refractivity contribution is 5.99. The van der Waals surface area contributed by atoms with Gasteiger partial charge in [-0.3, -0.25) is 14.8 Å². The molecule has 0 aliphatic heterocycles. The quantitative estimate of drug-likeness (QED) is 0.301. The van der Waals surface area contributed by atoms with Gasteiger partial charge in [-0.05, 0) is 37.2 Å². The van der Waals surface area contributed by atoms with Crippen molar-refractivity contribution in [3.8, 4) is 0 Å². The first-order valence-corrected chi connectivity index (χ1v) is 8.25. The van der Waals surface area contributed by atoms with Crippen LogP contribution in [0.3, 0.4) is 0 Å². The average molecular weight is 320 g/mol. The monoisotopic (exact) mass is 320 g/mol. The summed E-state index contributed by atoms with van der Waals surface area (Å²) in [6.45, 7) is 4.05. The van der Waals surface area contributed by atoms with E-state index < -0.39 is 17.7 Å². The fourth-order valence-corrected chi connectivity index (χ4v) is 2.51. The first-order chi connectivity index (χ1) is 10.9.